The molecule has 4 aromatic rings. The highest BCUT2D eigenvalue weighted by Gasteiger charge is 2.18. The summed E-state index contributed by atoms with van der Waals surface area (Å²) in [5.41, 5.74) is 6.42. The lowest BCUT2D eigenvalue weighted by Crippen LogP contribution is -2.12. The second-order valence-corrected chi connectivity index (χ2v) is 7.43. The van der Waals surface area contributed by atoms with Gasteiger partial charge in [-0.25, -0.2) is 0 Å². The van der Waals surface area contributed by atoms with Crippen molar-refractivity contribution in [1.29, 1.82) is 0 Å². The number of amides is 1. The zero-order chi connectivity index (χ0) is 21.2. The van der Waals surface area contributed by atoms with Gasteiger partial charge in [0.2, 0.25) is 11.7 Å². The first-order chi connectivity index (χ1) is 15.2. The number of fused-ring (bicyclic) bond motifs is 3. The minimum Gasteiger partial charge on any atom is -0.485 e. The lowest BCUT2D eigenvalue weighted by molar-refractivity contribution is 0.102. The highest BCUT2D eigenvalue weighted by Crippen LogP contribution is 2.37. The van der Waals surface area contributed by atoms with Gasteiger partial charge in [-0.1, -0.05) is 42.4 Å². The van der Waals surface area contributed by atoms with Crippen LogP contribution < -0.4 is 10.1 Å². The number of anilines is 1. The number of aromatic nitrogens is 2. The second-order valence-electron chi connectivity index (χ2n) is 7.43. The predicted octanol–water partition coefficient (Wildman–Crippen LogP) is 5.03. The third-order valence-corrected chi connectivity index (χ3v) is 5.35. The molecule has 1 aliphatic rings. The molecule has 1 N–H and O–H groups in total. The Kier molecular flexibility index (Phi) is 4.96. The molecule has 0 radical (unpaired) electrons. The van der Waals surface area contributed by atoms with Crippen molar-refractivity contribution in [3.8, 4) is 16.9 Å². The van der Waals surface area contributed by atoms with Crippen LogP contribution in [0, 0.1) is 0 Å². The summed E-state index contributed by atoms with van der Waals surface area (Å²) in [5, 5.41) is 6.85. The van der Waals surface area contributed by atoms with E-state index in [4.69, 9.17) is 9.26 Å². The number of aryl methyl sites for hydroxylation is 1. The topological polar surface area (TPSA) is 77.2 Å². The monoisotopic (exact) mass is 411 g/mol. The molecule has 6 nitrogen and oxygen atoms in total. The van der Waals surface area contributed by atoms with E-state index in [-0.39, 0.29) is 12.5 Å². The molecule has 154 valence electrons. The van der Waals surface area contributed by atoms with Crippen LogP contribution in [0.4, 0.5) is 5.69 Å². The van der Waals surface area contributed by atoms with Crippen LogP contribution in [-0.4, -0.2) is 16.0 Å². The zero-order valence-electron chi connectivity index (χ0n) is 17.1. The first-order valence-corrected chi connectivity index (χ1v) is 10.3. The minimum absolute atomic E-state index is 0.159. The molecule has 0 saturated carbocycles. The molecule has 0 atom stereocenters. The summed E-state index contributed by atoms with van der Waals surface area (Å²) in [5.74, 6) is 1.56. The molecule has 1 aliphatic carbocycles. The van der Waals surface area contributed by atoms with Crippen molar-refractivity contribution in [1.82, 2.24) is 10.1 Å². The summed E-state index contributed by atoms with van der Waals surface area (Å²) in [7, 11) is 0. The summed E-state index contributed by atoms with van der Waals surface area (Å²) in [6.45, 7) is 2.16. The van der Waals surface area contributed by atoms with Gasteiger partial charge in [0.25, 0.3) is 5.91 Å². The Morgan fingerprint density at radius 1 is 1.03 bits per heavy atom. The largest absolute Gasteiger partial charge is 0.485 e. The number of carbonyl (C=O) groups is 1. The van der Waals surface area contributed by atoms with Gasteiger partial charge < -0.3 is 14.6 Å². The zero-order valence-corrected chi connectivity index (χ0v) is 17.1. The van der Waals surface area contributed by atoms with Crippen LogP contribution in [-0.2, 0) is 19.4 Å². The Balaban J connectivity index is 1.22. The molecule has 31 heavy (non-hydrogen) atoms. The Morgan fingerprint density at radius 3 is 2.65 bits per heavy atom. The van der Waals surface area contributed by atoms with Crippen LogP contribution >= 0.6 is 0 Å². The minimum atomic E-state index is -0.159. The third-order valence-electron chi connectivity index (χ3n) is 5.35. The molecule has 0 aliphatic heterocycles. The number of benzene rings is 3. The van der Waals surface area contributed by atoms with Gasteiger partial charge >= 0.3 is 0 Å². The Morgan fingerprint density at radius 2 is 1.84 bits per heavy atom. The van der Waals surface area contributed by atoms with Crippen molar-refractivity contribution in [3.05, 3.63) is 95.1 Å². The molecule has 0 spiro atoms. The fourth-order valence-corrected chi connectivity index (χ4v) is 3.77. The van der Waals surface area contributed by atoms with Crippen LogP contribution in [0.1, 0.15) is 40.1 Å². The van der Waals surface area contributed by atoms with Crippen molar-refractivity contribution in [2.75, 3.05) is 5.32 Å². The van der Waals surface area contributed by atoms with Crippen LogP contribution in [0.5, 0.6) is 5.75 Å². The summed E-state index contributed by atoms with van der Waals surface area (Å²) in [4.78, 5) is 16.9. The SMILES string of the molecule is CCc1nc(COc2ccc(C(=O)Nc3ccc4c(c3)Cc3ccccc3-4)cc2)no1. The Bertz CT molecular complexity index is 1250. The third kappa shape index (κ3) is 3.92. The first kappa shape index (κ1) is 19.1. The number of nitrogens with zero attached hydrogens (tertiary/aromatic N) is 2. The smallest absolute Gasteiger partial charge is 0.255 e. The van der Waals surface area contributed by atoms with Crippen molar-refractivity contribution >= 4 is 11.6 Å². The van der Waals surface area contributed by atoms with Gasteiger partial charge in [-0.05, 0) is 65.1 Å². The van der Waals surface area contributed by atoms with E-state index in [0.717, 1.165) is 12.1 Å². The van der Waals surface area contributed by atoms with Gasteiger partial charge in [0.1, 0.15) is 5.75 Å². The molecule has 5 rings (SSSR count). The highest BCUT2D eigenvalue weighted by atomic mass is 16.5. The molecule has 1 heterocycles. The number of rotatable bonds is 6. The molecule has 1 aromatic heterocycles. The van der Waals surface area contributed by atoms with Crippen LogP contribution in [0.25, 0.3) is 11.1 Å². The first-order valence-electron chi connectivity index (χ1n) is 10.3. The van der Waals surface area contributed by atoms with Crippen molar-refractivity contribution in [2.45, 2.75) is 26.4 Å². The van der Waals surface area contributed by atoms with Gasteiger partial charge in [-0.3, -0.25) is 4.79 Å². The lowest BCUT2D eigenvalue weighted by Gasteiger charge is -2.09. The van der Waals surface area contributed by atoms with Crippen molar-refractivity contribution < 1.29 is 14.1 Å². The standard InChI is InChI=1S/C25H21N3O3/c1-2-24-27-23(28-31-24)15-30-20-10-7-16(8-11-20)25(29)26-19-9-12-22-18(14-19)13-17-5-3-4-6-21(17)22/h3-12,14H,2,13,15H2,1H3,(H,26,29). The van der Waals surface area contributed by atoms with Gasteiger partial charge in [0.15, 0.2) is 6.61 Å². The maximum absolute atomic E-state index is 12.7. The highest BCUT2D eigenvalue weighted by molar-refractivity contribution is 6.04. The van der Waals surface area contributed by atoms with Crippen LogP contribution in [0.2, 0.25) is 0 Å². The fourth-order valence-electron chi connectivity index (χ4n) is 3.77. The molecule has 0 bridgehead atoms. The van der Waals surface area contributed by atoms with E-state index in [1.807, 2.05) is 13.0 Å². The summed E-state index contributed by atoms with van der Waals surface area (Å²) >= 11 is 0. The molecule has 0 unspecified atom stereocenters. The molecule has 1 amide bonds. The van der Waals surface area contributed by atoms with E-state index >= 15 is 0 Å². The van der Waals surface area contributed by atoms with E-state index in [2.05, 4.69) is 51.9 Å². The van der Waals surface area contributed by atoms with E-state index in [0.29, 0.717) is 29.4 Å². The average Bonchev–Trinajstić information content (AvgIpc) is 3.42. The van der Waals surface area contributed by atoms with Crippen LogP contribution in [0.15, 0.2) is 71.3 Å². The summed E-state index contributed by atoms with van der Waals surface area (Å²) in [6.07, 6.45) is 1.58. The number of carbonyl (C=O) groups excluding carboxylic acids is 1. The van der Waals surface area contributed by atoms with Gasteiger partial charge in [-0.2, -0.15) is 4.98 Å². The average molecular weight is 411 g/mol. The van der Waals surface area contributed by atoms with Crippen molar-refractivity contribution in [2.24, 2.45) is 0 Å². The van der Waals surface area contributed by atoms with Crippen molar-refractivity contribution in [3.63, 3.8) is 0 Å². The normalized spacial score (nSPS) is 11.6. The summed E-state index contributed by atoms with van der Waals surface area (Å²) < 4.78 is 10.7. The number of ether oxygens (including phenoxy) is 1. The molecule has 3 aromatic carbocycles. The molecular formula is C25H21N3O3. The Hall–Kier alpha value is -3.93. The van der Waals surface area contributed by atoms with Gasteiger partial charge in [-0.15, -0.1) is 0 Å². The maximum atomic E-state index is 12.7. The Labute approximate surface area is 179 Å². The van der Waals surface area contributed by atoms with E-state index < -0.39 is 0 Å². The molecule has 0 fully saturated rings. The molecule has 6 heteroatoms. The number of hydrogen-bond donors (Lipinski definition) is 1. The van der Waals surface area contributed by atoms with E-state index in [9.17, 15) is 4.79 Å². The fraction of sp³-hybridized carbons (Fsp3) is 0.160. The van der Waals surface area contributed by atoms with Gasteiger partial charge in [0.05, 0.1) is 0 Å². The maximum Gasteiger partial charge on any atom is 0.255 e. The van der Waals surface area contributed by atoms with Crippen LogP contribution in [0.3, 0.4) is 0 Å². The molecular weight excluding hydrogens is 390 g/mol. The summed E-state index contributed by atoms with van der Waals surface area (Å²) in [6, 6.07) is 21.5. The second kappa shape index (κ2) is 8.07. The van der Waals surface area contributed by atoms with E-state index in [1.54, 1.807) is 24.3 Å². The predicted molar refractivity (Wildman–Crippen MR) is 117 cm³/mol. The quantitative estimate of drug-likeness (QED) is 0.424. The lowest BCUT2D eigenvalue weighted by atomic mass is 10.1. The van der Waals surface area contributed by atoms with Gasteiger partial charge in [0, 0.05) is 17.7 Å². The van der Waals surface area contributed by atoms with E-state index in [1.165, 1.54) is 22.3 Å². The number of nitrogens with one attached hydrogen (secondary N) is 1. The number of hydrogen-bond acceptors (Lipinski definition) is 5. The molecule has 0 saturated heterocycles.